The van der Waals surface area contributed by atoms with Crippen molar-refractivity contribution in [2.75, 3.05) is 0 Å². The first-order chi connectivity index (χ1) is 9.67. The van der Waals surface area contributed by atoms with E-state index >= 15 is 0 Å². The Hall–Kier alpha value is -2.19. The van der Waals surface area contributed by atoms with Gasteiger partial charge in [-0.05, 0) is 29.5 Å². The first-order valence-corrected chi connectivity index (χ1v) is 6.76. The van der Waals surface area contributed by atoms with Crippen molar-refractivity contribution in [3.05, 3.63) is 78.1 Å². The van der Waals surface area contributed by atoms with Gasteiger partial charge in [0, 0.05) is 24.2 Å². The molecule has 1 unspecified atom stereocenters. The van der Waals surface area contributed by atoms with E-state index in [1.165, 1.54) is 0 Å². The molecular weight excluding hydrogens is 246 g/mol. The maximum Gasteiger partial charge on any atom is 0.0915 e. The quantitative estimate of drug-likeness (QED) is 0.782. The third kappa shape index (κ3) is 2.43. The molecule has 2 aromatic carbocycles. The van der Waals surface area contributed by atoms with E-state index in [0.717, 1.165) is 21.9 Å². The van der Waals surface area contributed by atoms with Crippen molar-refractivity contribution in [2.45, 2.75) is 18.9 Å². The Morgan fingerprint density at radius 2 is 1.80 bits per heavy atom. The molecule has 0 bridgehead atoms. The monoisotopic (exact) mass is 263 g/mol. The van der Waals surface area contributed by atoms with Gasteiger partial charge in [0.1, 0.15) is 0 Å². The van der Waals surface area contributed by atoms with Crippen LogP contribution in [-0.2, 0) is 12.0 Å². The summed E-state index contributed by atoms with van der Waals surface area (Å²) in [5.74, 6) is 0. The summed E-state index contributed by atoms with van der Waals surface area (Å²) in [4.78, 5) is 4.18. The summed E-state index contributed by atoms with van der Waals surface area (Å²) >= 11 is 0. The van der Waals surface area contributed by atoms with E-state index in [4.69, 9.17) is 0 Å². The van der Waals surface area contributed by atoms with Gasteiger partial charge in [0.05, 0.1) is 5.60 Å². The zero-order valence-electron chi connectivity index (χ0n) is 11.5. The Morgan fingerprint density at radius 3 is 2.60 bits per heavy atom. The van der Waals surface area contributed by atoms with Crippen molar-refractivity contribution < 1.29 is 5.11 Å². The number of nitrogens with zero attached hydrogens (tertiary/aromatic N) is 1. The second kappa shape index (κ2) is 5.06. The standard InChI is InChI=1S/C18H17NO/c1-18(20,12-14-6-3-2-4-7-14)17-9-5-8-15-10-11-19-13-16(15)17/h2-11,13,20H,12H2,1H3. The predicted molar refractivity (Wildman–Crippen MR) is 81.5 cm³/mol. The summed E-state index contributed by atoms with van der Waals surface area (Å²) in [6.07, 6.45) is 4.18. The Kier molecular flexibility index (Phi) is 3.25. The summed E-state index contributed by atoms with van der Waals surface area (Å²) in [5.41, 5.74) is 1.13. The van der Waals surface area contributed by atoms with E-state index < -0.39 is 5.60 Å². The number of rotatable bonds is 3. The average molecular weight is 263 g/mol. The minimum Gasteiger partial charge on any atom is -0.385 e. The van der Waals surface area contributed by atoms with Gasteiger partial charge in [-0.25, -0.2) is 0 Å². The van der Waals surface area contributed by atoms with E-state index in [1.807, 2.05) is 67.7 Å². The molecule has 0 aliphatic carbocycles. The molecule has 0 spiro atoms. The molecule has 3 aromatic rings. The molecule has 0 amide bonds. The zero-order valence-corrected chi connectivity index (χ0v) is 11.5. The second-order valence-electron chi connectivity index (χ2n) is 5.34. The van der Waals surface area contributed by atoms with Crippen LogP contribution in [0, 0.1) is 0 Å². The third-order valence-corrected chi connectivity index (χ3v) is 3.66. The molecule has 0 aliphatic heterocycles. The van der Waals surface area contributed by atoms with Crippen LogP contribution in [0.1, 0.15) is 18.1 Å². The number of benzene rings is 2. The molecular formula is C18H17NO. The van der Waals surface area contributed by atoms with Gasteiger partial charge in [-0.3, -0.25) is 4.98 Å². The normalized spacial score (nSPS) is 14.1. The maximum absolute atomic E-state index is 10.9. The van der Waals surface area contributed by atoms with Gasteiger partial charge in [0.15, 0.2) is 0 Å². The number of pyridine rings is 1. The molecule has 2 heteroatoms. The fourth-order valence-electron chi connectivity index (χ4n) is 2.67. The Morgan fingerprint density at radius 1 is 1.00 bits per heavy atom. The largest absolute Gasteiger partial charge is 0.385 e. The number of aromatic nitrogens is 1. The highest BCUT2D eigenvalue weighted by Gasteiger charge is 2.25. The molecule has 0 radical (unpaired) electrons. The van der Waals surface area contributed by atoms with Gasteiger partial charge in [0.25, 0.3) is 0 Å². The first kappa shape index (κ1) is 12.8. The van der Waals surface area contributed by atoms with E-state index in [2.05, 4.69) is 4.98 Å². The number of hydrogen-bond acceptors (Lipinski definition) is 2. The molecule has 3 rings (SSSR count). The van der Waals surface area contributed by atoms with Crippen LogP contribution in [0.4, 0.5) is 0 Å². The Bertz CT molecular complexity index is 714. The lowest BCUT2D eigenvalue weighted by atomic mass is 9.86. The van der Waals surface area contributed by atoms with Gasteiger partial charge in [0.2, 0.25) is 0 Å². The van der Waals surface area contributed by atoms with Gasteiger partial charge in [-0.2, -0.15) is 0 Å². The van der Waals surface area contributed by atoms with Gasteiger partial charge >= 0.3 is 0 Å². The fraction of sp³-hybridized carbons (Fsp3) is 0.167. The number of aliphatic hydroxyl groups is 1. The minimum atomic E-state index is -0.913. The second-order valence-corrected chi connectivity index (χ2v) is 5.34. The summed E-state index contributed by atoms with van der Waals surface area (Å²) in [6, 6.07) is 18.0. The molecule has 0 fully saturated rings. The van der Waals surface area contributed by atoms with Crippen molar-refractivity contribution in [1.29, 1.82) is 0 Å². The smallest absolute Gasteiger partial charge is 0.0915 e. The molecule has 1 heterocycles. The summed E-state index contributed by atoms with van der Waals surface area (Å²) in [6.45, 7) is 1.86. The van der Waals surface area contributed by atoms with E-state index in [1.54, 1.807) is 6.20 Å². The number of hydrogen-bond donors (Lipinski definition) is 1. The number of fused-ring (bicyclic) bond motifs is 1. The molecule has 1 aromatic heterocycles. The van der Waals surface area contributed by atoms with Gasteiger partial charge in [-0.1, -0.05) is 48.5 Å². The molecule has 1 N–H and O–H groups in total. The summed E-state index contributed by atoms with van der Waals surface area (Å²) < 4.78 is 0. The highest BCUT2D eigenvalue weighted by Crippen LogP contribution is 2.30. The fourth-order valence-corrected chi connectivity index (χ4v) is 2.67. The van der Waals surface area contributed by atoms with Crippen LogP contribution in [0.25, 0.3) is 10.8 Å². The minimum absolute atomic E-state index is 0.585. The van der Waals surface area contributed by atoms with E-state index in [-0.39, 0.29) is 0 Å². The van der Waals surface area contributed by atoms with Crippen LogP contribution in [0.3, 0.4) is 0 Å². The van der Waals surface area contributed by atoms with Crippen LogP contribution in [0.2, 0.25) is 0 Å². The van der Waals surface area contributed by atoms with Crippen LogP contribution in [0.5, 0.6) is 0 Å². The zero-order chi connectivity index (χ0) is 14.0. The molecule has 100 valence electrons. The molecule has 0 saturated heterocycles. The summed E-state index contributed by atoms with van der Waals surface area (Å²) in [7, 11) is 0. The van der Waals surface area contributed by atoms with Crippen molar-refractivity contribution in [2.24, 2.45) is 0 Å². The Balaban J connectivity index is 2.05. The van der Waals surface area contributed by atoms with Crippen molar-refractivity contribution >= 4 is 10.8 Å². The van der Waals surface area contributed by atoms with Crippen LogP contribution >= 0.6 is 0 Å². The Labute approximate surface area is 118 Å². The highest BCUT2D eigenvalue weighted by molar-refractivity contribution is 5.85. The van der Waals surface area contributed by atoms with Crippen LogP contribution < -0.4 is 0 Å². The molecule has 0 aliphatic rings. The van der Waals surface area contributed by atoms with Crippen molar-refractivity contribution in [3.8, 4) is 0 Å². The van der Waals surface area contributed by atoms with Crippen molar-refractivity contribution in [1.82, 2.24) is 4.98 Å². The SMILES string of the molecule is CC(O)(Cc1ccccc1)c1cccc2ccncc12. The lowest BCUT2D eigenvalue weighted by molar-refractivity contribution is 0.0592. The predicted octanol–water partition coefficient (Wildman–Crippen LogP) is 3.69. The molecule has 2 nitrogen and oxygen atoms in total. The average Bonchev–Trinajstić information content (AvgIpc) is 2.47. The lowest BCUT2D eigenvalue weighted by Crippen LogP contribution is -2.24. The molecule has 0 saturated carbocycles. The third-order valence-electron chi connectivity index (χ3n) is 3.66. The highest BCUT2D eigenvalue weighted by atomic mass is 16.3. The summed E-state index contributed by atoms with van der Waals surface area (Å²) in [5, 5.41) is 13.0. The van der Waals surface area contributed by atoms with Crippen molar-refractivity contribution in [3.63, 3.8) is 0 Å². The molecule has 20 heavy (non-hydrogen) atoms. The first-order valence-electron chi connectivity index (χ1n) is 6.76. The van der Waals surface area contributed by atoms with E-state index in [0.29, 0.717) is 6.42 Å². The molecule has 1 atom stereocenters. The topological polar surface area (TPSA) is 33.1 Å². The van der Waals surface area contributed by atoms with Gasteiger partial charge in [-0.15, -0.1) is 0 Å². The maximum atomic E-state index is 10.9. The lowest BCUT2D eigenvalue weighted by Gasteiger charge is -2.25. The van der Waals surface area contributed by atoms with Crippen LogP contribution in [-0.4, -0.2) is 10.1 Å². The van der Waals surface area contributed by atoms with E-state index in [9.17, 15) is 5.11 Å². The van der Waals surface area contributed by atoms with Crippen LogP contribution in [0.15, 0.2) is 67.0 Å². The van der Waals surface area contributed by atoms with Gasteiger partial charge < -0.3 is 5.11 Å².